The number of fused-ring (bicyclic) bond motifs is 2. The number of hydrogen-bond acceptors (Lipinski definition) is 1. The van der Waals surface area contributed by atoms with Gasteiger partial charge in [-0.25, -0.2) is 0 Å². The SMILES string of the molecule is c1ccc(C2N=[N+](c3cccc4ccccc34)c3ccccc32)cc1. The lowest BCUT2D eigenvalue weighted by Gasteiger charge is -2.03. The summed E-state index contributed by atoms with van der Waals surface area (Å²) >= 11 is 0. The first kappa shape index (κ1) is 14.1. The van der Waals surface area contributed by atoms with Crippen LogP contribution in [0.15, 0.2) is 102 Å². The number of nitrogens with zero attached hydrogens (tertiary/aromatic N) is 2. The van der Waals surface area contributed by atoms with Crippen molar-refractivity contribution in [3.05, 3.63) is 108 Å². The Morgan fingerprint density at radius 2 is 1.28 bits per heavy atom. The van der Waals surface area contributed by atoms with Crippen LogP contribution in [0.4, 0.5) is 11.4 Å². The van der Waals surface area contributed by atoms with E-state index in [-0.39, 0.29) is 6.04 Å². The molecule has 0 amide bonds. The van der Waals surface area contributed by atoms with Crippen molar-refractivity contribution in [2.45, 2.75) is 6.04 Å². The van der Waals surface area contributed by atoms with Gasteiger partial charge in [0.2, 0.25) is 11.4 Å². The van der Waals surface area contributed by atoms with Crippen molar-refractivity contribution >= 4 is 22.1 Å². The van der Waals surface area contributed by atoms with Gasteiger partial charge in [0.25, 0.3) is 0 Å². The molecule has 0 saturated carbocycles. The summed E-state index contributed by atoms with van der Waals surface area (Å²) in [4.78, 5) is 0. The molecule has 1 aliphatic heterocycles. The summed E-state index contributed by atoms with van der Waals surface area (Å²) in [6.07, 6.45) is 0. The van der Waals surface area contributed by atoms with E-state index in [1.165, 1.54) is 21.9 Å². The van der Waals surface area contributed by atoms with Crippen LogP contribution in [0.1, 0.15) is 17.2 Å². The monoisotopic (exact) mass is 321 g/mol. The highest BCUT2D eigenvalue weighted by Gasteiger charge is 2.35. The van der Waals surface area contributed by atoms with E-state index in [1.807, 2.05) is 6.07 Å². The highest BCUT2D eigenvalue weighted by molar-refractivity contribution is 5.93. The number of rotatable bonds is 2. The van der Waals surface area contributed by atoms with E-state index >= 15 is 0 Å². The third-order valence-electron chi connectivity index (χ3n) is 4.80. The molecule has 0 fully saturated rings. The number of benzene rings is 4. The van der Waals surface area contributed by atoms with E-state index in [0.717, 1.165) is 11.4 Å². The minimum Gasteiger partial charge on any atom is -0.0622 e. The van der Waals surface area contributed by atoms with E-state index in [2.05, 4.69) is 95.7 Å². The predicted octanol–water partition coefficient (Wildman–Crippen LogP) is 6.23. The van der Waals surface area contributed by atoms with Crippen LogP contribution in [0, 0.1) is 0 Å². The largest absolute Gasteiger partial charge is 0.246 e. The maximum absolute atomic E-state index is 5.08. The lowest BCUT2D eigenvalue weighted by atomic mass is 9.99. The van der Waals surface area contributed by atoms with Crippen LogP contribution in [0.2, 0.25) is 0 Å². The van der Waals surface area contributed by atoms with Crippen molar-refractivity contribution in [3.63, 3.8) is 0 Å². The van der Waals surface area contributed by atoms with Crippen LogP contribution in [-0.2, 0) is 0 Å². The lowest BCUT2D eigenvalue weighted by Crippen LogP contribution is -1.97. The van der Waals surface area contributed by atoms with E-state index in [9.17, 15) is 0 Å². The molecular weight excluding hydrogens is 304 g/mol. The van der Waals surface area contributed by atoms with E-state index < -0.39 is 0 Å². The summed E-state index contributed by atoms with van der Waals surface area (Å²) < 4.78 is 2.11. The van der Waals surface area contributed by atoms with Gasteiger partial charge in [-0.2, -0.15) is 0 Å². The van der Waals surface area contributed by atoms with Crippen molar-refractivity contribution in [2.24, 2.45) is 5.11 Å². The second-order valence-corrected chi connectivity index (χ2v) is 6.30. The first-order valence-electron chi connectivity index (χ1n) is 8.54. The minimum atomic E-state index is 0.0383. The molecule has 118 valence electrons. The van der Waals surface area contributed by atoms with Gasteiger partial charge in [-0.1, -0.05) is 72.8 Å². The fourth-order valence-electron chi connectivity index (χ4n) is 3.62. The van der Waals surface area contributed by atoms with Crippen LogP contribution >= 0.6 is 0 Å². The molecule has 0 bridgehead atoms. The fraction of sp³-hybridized carbons (Fsp3) is 0.0435. The highest BCUT2D eigenvalue weighted by atomic mass is 15.3. The van der Waals surface area contributed by atoms with Crippen molar-refractivity contribution < 1.29 is 0 Å². The first-order valence-corrected chi connectivity index (χ1v) is 8.54. The molecule has 0 aromatic heterocycles. The molecule has 1 atom stereocenters. The van der Waals surface area contributed by atoms with Gasteiger partial charge in [0.1, 0.15) is 0 Å². The van der Waals surface area contributed by atoms with Crippen LogP contribution in [0.3, 0.4) is 0 Å². The molecule has 1 aliphatic rings. The van der Waals surface area contributed by atoms with Crippen molar-refractivity contribution in [2.75, 3.05) is 0 Å². The predicted molar refractivity (Wildman–Crippen MR) is 103 cm³/mol. The molecule has 1 unspecified atom stereocenters. The zero-order valence-corrected chi connectivity index (χ0v) is 13.7. The third kappa shape index (κ3) is 2.26. The average molecular weight is 321 g/mol. The fourth-order valence-corrected chi connectivity index (χ4v) is 3.62. The zero-order valence-electron chi connectivity index (χ0n) is 13.7. The molecule has 0 N–H and O–H groups in total. The van der Waals surface area contributed by atoms with Crippen molar-refractivity contribution in [1.29, 1.82) is 0 Å². The quantitative estimate of drug-likeness (QED) is 0.389. The zero-order chi connectivity index (χ0) is 16.6. The second-order valence-electron chi connectivity index (χ2n) is 6.30. The van der Waals surface area contributed by atoms with E-state index in [1.54, 1.807) is 0 Å². The van der Waals surface area contributed by atoms with Crippen LogP contribution < -0.4 is 4.70 Å². The molecule has 0 aliphatic carbocycles. The molecule has 2 nitrogen and oxygen atoms in total. The molecule has 0 spiro atoms. The van der Waals surface area contributed by atoms with Crippen LogP contribution in [0.5, 0.6) is 0 Å². The molecule has 4 aromatic rings. The smallest absolute Gasteiger partial charge is 0.0622 e. The van der Waals surface area contributed by atoms with E-state index in [4.69, 9.17) is 5.11 Å². The van der Waals surface area contributed by atoms with Crippen molar-refractivity contribution in [3.8, 4) is 0 Å². The van der Waals surface area contributed by atoms with Gasteiger partial charge in [-0.05, 0) is 32.9 Å². The summed E-state index contributed by atoms with van der Waals surface area (Å²) in [5.41, 5.74) is 4.76. The Labute approximate surface area is 146 Å². The number of hydrogen-bond donors (Lipinski definition) is 0. The number of para-hydroxylation sites is 1. The van der Waals surface area contributed by atoms with Gasteiger partial charge in [0.05, 0.1) is 10.9 Å². The molecule has 25 heavy (non-hydrogen) atoms. The lowest BCUT2D eigenvalue weighted by molar-refractivity contribution is 0.777. The summed E-state index contributed by atoms with van der Waals surface area (Å²) in [6, 6.07) is 33.9. The van der Waals surface area contributed by atoms with Gasteiger partial charge < -0.3 is 0 Å². The average Bonchev–Trinajstić information content (AvgIpc) is 3.08. The van der Waals surface area contributed by atoms with Gasteiger partial charge >= 0.3 is 0 Å². The number of azo groups is 2. The molecular formula is C23H17N2+. The topological polar surface area (TPSA) is 15.4 Å². The third-order valence-corrected chi connectivity index (χ3v) is 4.80. The molecule has 4 aromatic carbocycles. The van der Waals surface area contributed by atoms with Gasteiger partial charge in [0.15, 0.2) is 6.04 Å². The Bertz CT molecular complexity index is 1090. The molecule has 1 heterocycles. The van der Waals surface area contributed by atoms with E-state index in [0.29, 0.717) is 0 Å². The van der Waals surface area contributed by atoms with Gasteiger partial charge in [-0.15, -0.1) is 0 Å². The van der Waals surface area contributed by atoms with Gasteiger partial charge in [-0.3, -0.25) is 0 Å². The first-order chi connectivity index (χ1) is 12.4. The summed E-state index contributed by atoms with van der Waals surface area (Å²) in [5.74, 6) is 0. The minimum absolute atomic E-state index is 0.0383. The Morgan fingerprint density at radius 1 is 0.600 bits per heavy atom. The van der Waals surface area contributed by atoms with Crippen molar-refractivity contribution in [1.82, 2.24) is 4.70 Å². The Hall–Kier alpha value is -3.26. The molecule has 0 radical (unpaired) electrons. The highest BCUT2D eigenvalue weighted by Crippen LogP contribution is 2.42. The Balaban J connectivity index is 1.76. The summed E-state index contributed by atoms with van der Waals surface area (Å²) in [7, 11) is 0. The van der Waals surface area contributed by atoms with Crippen LogP contribution in [0.25, 0.3) is 10.8 Å². The molecule has 2 heteroatoms. The Kier molecular flexibility index (Phi) is 3.20. The van der Waals surface area contributed by atoms with Gasteiger partial charge in [0, 0.05) is 12.1 Å². The normalized spacial score (nSPS) is 15.8. The maximum atomic E-state index is 5.08. The standard InChI is InChI=1S/C23H17N2/c1-2-10-18(11-3-1)23-20-14-6-7-15-22(20)25(24-23)21-16-8-12-17-9-4-5-13-19(17)21/h1-16,23H/q+1. The summed E-state index contributed by atoms with van der Waals surface area (Å²) in [5, 5.41) is 7.53. The molecule has 5 rings (SSSR count). The second kappa shape index (κ2) is 5.67. The van der Waals surface area contributed by atoms with Crippen LogP contribution in [-0.4, -0.2) is 0 Å². The maximum Gasteiger partial charge on any atom is 0.246 e. The summed E-state index contributed by atoms with van der Waals surface area (Å²) in [6.45, 7) is 0. The molecule has 0 saturated heterocycles. The Morgan fingerprint density at radius 3 is 2.20 bits per heavy atom.